The van der Waals surface area contributed by atoms with Crippen LogP contribution in [0.4, 0.5) is 5.69 Å². The molecule has 0 radical (unpaired) electrons. The van der Waals surface area contributed by atoms with Gasteiger partial charge in [-0.05, 0) is 31.2 Å². The Morgan fingerprint density at radius 3 is 2.68 bits per heavy atom. The van der Waals surface area contributed by atoms with Crippen LogP contribution < -0.4 is 14.4 Å². The first-order valence-electron chi connectivity index (χ1n) is 11.2. The van der Waals surface area contributed by atoms with Gasteiger partial charge in [-0.3, -0.25) is 14.5 Å². The highest BCUT2D eigenvalue weighted by Crippen LogP contribution is 2.34. The summed E-state index contributed by atoms with van der Waals surface area (Å²) >= 11 is 1.37. The van der Waals surface area contributed by atoms with Crippen LogP contribution in [0.15, 0.2) is 53.9 Å². The molecule has 1 fully saturated rings. The number of amides is 2. The Labute approximate surface area is 201 Å². The van der Waals surface area contributed by atoms with Crippen LogP contribution in [0.25, 0.3) is 0 Å². The fraction of sp³-hybridized carbons (Fsp3) is 0.320. The van der Waals surface area contributed by atoms with Gasteiger partial charge in [0.15, 0.2) is 6.10 Å². The molecule has 0 N–H and O–H groups in total. The van der Waals surface area contributed by atoms with Gasteiger partial charge in [-0.25, -0.2) is 4.98 Å². The number of ether oxygens (including phenoxy) is 3. The van der Waals surface area contributed by atoms with Gasteiger partial charge in [-0.1, -0.05) is 29.8 Å². The van der Waals surface area contributed by atoms with Crippen LogP contribution in [0, 0.1) is 6.92 Å². The third kappa shape index (κ3) is 4.76. The number of carbonyl (C=O) groups excluding carboxylic acids is 2. The van der Waals surface area contributed by atoms with E-state index >= 15 is 0 Å². The first kappa shape index (κ1) is 22.4. The van der Waals surface area contributed by atoms with Gasteiger partial charge in [-0.2, -0.15) is 0 Å². The number of para-hydroxylation sites is 2. The van der Waals surface area contributed by atoms with E-state index in [9.17, 15) is 9.59 Å². The number of aryl methyl sites for hydroxylation is 1. The highest BCUT2D eigenvalue weighted by atomic mass is 32.1. The first-order chi connectivity index (χ1) is 16.6. The molecule has 1 aromatic heterocycles. The Morgan fingerprint density at radius 1 is 1.12 bits per heavy atom. The molecule has 5 rings (SSSR count). The molecule has 2 aromatic carbocycles. The number of thiazole rings is 1. The van der Waals surface area contributed by atoms with Crippen LogP contribution >= 0.6 is 11.3 Å². The van der Waals surface area contributed by atoms with Gasteiger partial charge in [0.1, 0.15) is 28.8 Å². The van der Waals surface area contributed by atoms with Gasteiger partial charge < -0.3 is 19.1 Å². The maximum Gasteiger partial charge on any atom is 0.278 e. The molecule has 2 amide bonds. The second-order valence-electron chi connectivity index (χ2n) is 8.16. The third-order valence-corrected chi connectivity index (χ3v) is 6.59. The van der Waals surface area contributed by atoms with Crippen LogP contribution in [0.1, 0.15) is 21.1 Å². The molecule has 0 bridgehead atoms. The largest absolute Gasteiger partial charge is 0.486 e. The maximum atomic E-state index is 13.5. The predicted molar refractivity (Wildman–Crippen MR) is 128 cm³/mol. The van der Waals surface area contributed by atoms with E-state index in [2.05, 4.69) is 4.98 Å². The molecule has 1 unspecified atom stereocenters. The Bertz CT molecular complexity index is 1170. The smallest absolute Gasteiger partial charge is 0.278 e. The fourth-order valence-corrected chi connectivity index (χ4v) is 4.62. The summed E-state index contributed by atoms with van der Waals surface area (Å²) in [6.07, 6.45) is -0.778. The average Bonchev–Trinajstić information content (AvgIpc) is 3.36. The van der Waals surface area contributed by atoms with Gasteiger partial charge in [0.2, 0.25) is 0 Å². The highest BCUT2D eigenvalue weighted by Gasteiger charge is 2.37. The monoisotopic (exact) mass is 479 g/mol. The number of nitrogens with zero attached hydrogens (tertiary/aromatic N) is 3. The number of hydrogen-bond acceptors (Lipinski definition) is 7. The lowest BCUT2D eigenvalue weighted by Gasteiger charge is -2.37. The summed E-state index contributed by atoms with van der Waals surface area (Å²) in [5.41, 5.74) is 2.11. The molecule has 3 aromatic rings. The maximum absolute atomic E-state index is 13.5. The number of anilines is 1. The molecule has 34 heavy (non-hydrogen) atoms. The van der Waals surface area contributed by atoms with E-state index in [-0.39, 0.29) is 25.0 Å². The molecule has 1 atom stereocenters. The van der Waals surface area contributed by atoms with Crippen molar-refractivity contribution >= 4 is 28.8 Å². The van der Waals surface area contributed by atoms with Crippen LogP contribution in [0.3, 0.4) is 0 Å². The lowest BCUT2D eigenvalue weighted by molar-refractivity contribution is -0.142. The highest BCUT2D eigenvalue weighted by molar-refractivity contribution is 7.09. The standard InChI is InChI=1S/C25H25N3O5S/c1-17-6-8-18(9-7-17)32-15-23-26-19(16-34-23)24(29)28-14-22(25(30)27-10-12-31-13-11-27)33-21-5-3-2-4-20(21)28/h2-9,16,22H,10-15H2,1H3. The third-order valence-electron chi connectivity index (χ3n) is 5.77. The second kappa shape index (κ2) is 9.82. The van der Waals surface area contributed by atoms with Gasteiger partial charge in [0.05, 0.1) is 25.4 Å². The zero-order valence-corrected chi connectivity index (χ0v) is 19.6. The number of carbonyl (C=O) groups is 2. The van der Waals surface area contributed by atoms with E-state index in [0.717, 1.165) is 11.3 Å². The molecule has 2 aliphatic heterocycles. The molecule has 3 heterocycles. The molecule has 9 heteroatoms. The van der Waals surface area contributed by atoms with Crippen molar-refractivity contribution in [1.82, 2.24) is 9.88 Å². The van der Waals surface area contributed by atoms with E-state index in [1.165, 1.54) is 11.3 Å². The molecule has 176 valence electrons. The van der Waals surface area contributed by atoms with Gasteiger partial charge in [0.25, 0.3) is 11.8 Å². The number of aromatic nitrogens is 1. The van der Waals surface area contributed by atoms with E-state index in [1.54, 1.807) is 21.2 Å². The lowest BCUT2D eigenvalue weighted by atomic mass is 10.1. The molecule has 0 spiro atoms. The summed E-state index contributed by atoms with van der Waals surface area (Å²) in [7, 11) is 0. The van der Waals surface area contributed by atoms with Gasteiger partial charge >= 0.3 is 0 Å². The van der Waals surface area contributed by atoms with E-state index in [4.69, 9.17) is 14.2 Å². The molecule has 0 saturated carbocycles. The molecule has 0 aliphatic carbocycles. The van der Waals surface area contributed by atoms with E-state index in [0.29, 0.717) is 48.4 Å². The van der Waals surface area contributed by atoms with Crippen molar-refractivity contribution in [2.45, 2.75) is 19.6 Å². The number of fused-ring (bicyclic) bond motifs is 1. The Morgan fingerprint density at radius 2 is 1.88 bits per heavy atom. The Kier molecular flexibility index (Phi) is 6.46. The van der Waals surface area contributed by atoms with Crippen molar-refractivity contribution < 1.29 is 23.8 Å². The van der Waals surface area contributed by atoms with Crippen molar-refractivity contribution in [2.75, 3.05) is 37.7 Å². The summed E-state index contributed by atoms with van der Waals surface area (Å²) < 4.78 is 17.2. The first-order valence-corrected chi connectivity index (χ1v) is 12.0. The van der Waals surface area contributed by atoms with E-state index in [1.807, 2.05) is 49.4 Å². The predicted octanol–water partition coefficient (Wildman–Crippen LogP) is 3.30. The minimum atomic E-state index is -0.778. The number of morpholine rings is 1. The summed E-state index contributed by atoms with van der Waals surface area (Å²) in [5, 5.41) is 2.43. The van der Waals surface area contributed by atoms with Crippen LogP contribution in [0.5, 0.6) is 11.5 Å². The fourth-order valence-electron chi connectivity index (χ4n) is 3.94. The minimum absolute atomic E-state index is 0.124. The van der Waals surface area contributed by atoms with Crippen LogP contribution in [-0.2, 0) is 16.1 Å². The van der Waals surface area contributed by atoms with Gasteiger partial charge in [-0.15, -0.1) is 11.3 Å². The quantitative estimate of drug-likeness (QED) is 0.559. The van der Waals surface area contributed by atoms with Gasteiger partial charge in [0, 0.05) is 18.5 Å². The molecule has 8 nitrogen and oxygen atoms in total. The summed E-state index contributed by atoms with van der Waals surface area (Å²) in [6.45, 7) is 4.46. The average molecular weight is 480 g/mol. The zero-order valence-electron chi connectivity index (χ0n) is 18.8. The minimum Gasteiger partial charge on any atom is -0.486 e. The Balaban J connectivity index is 1.32. The molecular formula is C25H25N3O5S. The second-order valence-corrected chi connectivity index (χ2v) is 9.10. The van der Waals surface area contributed by atoms with Crippen molar-refractivity contribution in [3.8, 4) is 11.5 Å². The SMILES string of the molecule is Cc1ccc(OCc2nc(C(=O)N3CC(C(=O)N4CCOCC4)Oc4ccccc43)cs2)cc1. The number of hydrogen-bond donors (Lipinski definition) is 0. The van der Waals surface area contributed by atoms with E-state index < -0.39 is 6.10 Å². The summed E-state index contributed by atoms with van der Waals surface area (Å²) in [6, 6.07) is 15.0. The van der Waals surface area contributed by atoms with Crippen molar-refractivity contribution in [3.05, 3.63) is 70.2 Å². The normalized spacial score (nSPS) is 17.6. The molecular weight excluding hydrogens is 454 g/mol. The number of rotatable bonds is 5. The summed E-state index contributed by atoms with van der Waals surface area (Å²) in [5.74, 6) is 0.849. The molecule has 1 saturated heterocycles. The lowest BCUT2D eigenvalue weighted by Crippen LogP contribution is -2.54. The van der Waals surface area contributed by atoms with Crippen molar-refractivity contribution in [3.63, 3.8) is 0 Å². The summed E-state index contributed by atoms with van der Waals surface area (Å²) in [4.78, 5) is 34.4. The van der Waals surface area contributed by atoms with Crippen molar-refractivity contribution in [1.29, 1.82) is 0 Å². The van der Waals surface area contributed by atoms with Crippen LogP contribution in [-0.4, -0.2) is 60.7 Å². The molecule has 2 aliphatic rings. The Hall–Kier alpha value is -3.43. The topological polar surface area (TPSA) is 81.2 Å². The number of benzene rings is 2. The zero-order chi connectivity index (χ0) is 23.5. The van der Waals surface area contributed by atoms with Crippen molar-refractivity contribution in [2.24, 2.45) is 0 Å². The van der Waals surface area contributed by atoms with Crippen LogP contribution in [0.2, 0.25) is 0 Å².